The van der Waals surface area contributed by atoms with Crippen molar-refractivity contribution in [1.29, 1.82) is 0 Å². The van der Waals surface area contributed by atoms with Gasteiger partial charge in [-0.2, -0.15) is 0 Å². The number of rotatable bonds is 2. The van der Waals surface area contributed by atoms with Gasteiger partial charge in [0.2, 0.25) is 0 Å². The standard InChI is InChI=1S/C11H20N2O2/c14-11-9-13(6-3-7-15-11)8-10-4-1-2-5-12-10/h10,12H,1-9H2. The number of carbonyl (C=O) groups excluding carboxylic acids is 1. The predicted molar refractivity (Wildman–Crippen MR) is 57.7 cm³/mol. The van der Waals surface area contributed by atoms with Crippen molar-refractivity contribution < 1.29 is 9.53 Å². The minimum Gasteiger partial charge on any atom is -0.465 e. The highest BCUT2D eigenvalue weighted by Crippen LogP contribution is 2.10. The molecule has 0 aromatic carbocycles. The Kier molecular flexibility index (Phi) is 3.97. The van der Waals surface area contributed by atoms with Crippen LogP contribution in [-0.4, -0.2) is 49.7 Å². The lowest BCUT2D eigenvalue weighted by Crippen LogP contribution is -2.44. The van der Waals surface area contributed by atoms with E-state index in [2.05, 4.69) is 10.2 Å². The van der Waals surface area contributed by atoms with Gasteiger partial charge in [0, 0.05) is 19.1 Å². The van der Waals surface area contributed by atoms with Gasteiger partial charge in [-0.3, -0.25) is 9.69 Å². The number of nitrogens with one attached hydrogen (secondary N) is 1. The summed E-state index contributed by atoms with van der Waals surface area (Å²) in [6.07, 6.45) is 4.82. The Morgan fingerprint density at radius 1 is 1.40 bits per heavy atom. The Balaban J connectivity index is 1.78. The average Bonchev–Trinajstić information content (AvgIpc) is 2.44. The molecule has 2 aliphatic heterocycles. The van der Waals surface area contributed by atoms with Crippen LogP contribution in [0.15, 0.2) is 0 Å². The summed E-state index contributed by atoms with van der Waals surface area (Å²) in [6, 6.07) is 0.574. The zero-order valence-corrected chi connectivity index (χ0v) is 9.21. The lowest BCUT2D eigenvalue weighted by molar-refractivity contribution is -0.143. The van der Waals surface area contributed by atoms with Crippen LogP contribution in [0.4, 0.5) is 0 Å². The molecule has 0 saturated carbocycles. The molecule has 15 heavy (non-hydrogen) atoms. The zero-order chi connectivity index (χ0) is 10.5. The average molecular weight is 212 g/mol. The molecule has 86 valence electrons. The highest BCUT2D eigenvalue weighted by molar-refractivity contribution is 5.71. The quantitative estimate of drug-likeness (QED) is 0.672. The number of ether oxygens (including phenoxy) is 1. The third-order valence-corrected chi connectivity index (χ3v) is 3.13. The van der Waals surface area contributed by atoms with Crippen molar-refractivity contribution in [2.24, 2.45) is 0 Å². The van der Waals surface area contributed by atoms with E-state index in [1.807, 2.05) is 0 Å². The number of piperidine rings is 1. The van der Waals surface area contributed by atoms with Crippen LogP contribution < -0.4 is 5.32 Å². The molecule has 0 aliphatic carbocycles. The first kappa shape index (κ1) is 10.9. The largest absolute Gasteiger partial charge is 0.465 e. The second-order valence-electron chi connectivity index (χ2n) is 4.46. The van der Waals surface area contributed by atoms with Crippen molar-refractivity contribution in [2.45, 2.75) is 31.7 Å². The molecule has 4 nitrogen and oxygen atoms in total. The topological polar surface area (TPSA) is 41.6 Å². The van der Waals surface area contributed by atoms with E-state index in [0.29, 0.717) is 19.2 Å². The van der Waals surface area contributed by atoms with Gasteiger partial charge in [-0.1, -0.05) is 6.42 Å². The summed E-state index contributed by atoms with van der Waals surface area (Å²) < 4.78 is 5.02. The number of esters is 1. The molecule has 0 aromatic rings. The first-order chi connectivity index (χ1) is 7.34. The molecule has 4 heteroatoms. The number of cyclic esters (lactones) is 1. The van der Waals surface area contributed by atoms with Crippen molar-refractivity contribution in [3.63, 3.8) is 0 Å². The van der Waals surface area contributed by atoms with Crippen molar-refractivity contribution in [1.82, 2.24) is 10.2 Å². The van der Waals surface area contributed by atoms with E-state index >= 15 is 0 Å². The molecule has 2 heterocycles. The van der Waals surface area contributed by atoms with Crippen LogP contribution in [0.2, 0.25) is 0 Å². The first-order valence-corrected chi connectivity index (χ1v) is 5.96. The van der Waals surface area contributed by atoms with Crippen LogP contribution in [0.5, 0.6) is 0 Å². The molecule has 0 radical (unpaired) electrons. The van der Waals surface area contributed by atoms with Gasteiger partial charge in [-0.05, 0) is 25.8 Å². The Bertz CT molecular complexity index is 215. The second kappa shape index (κ2) is 5.47. The van der Waals surface area contributed by atoms with Gasteiger partial charge in [0.05, 0.1) is 13.2 Å². The monoisotopic (exact) mass is 212 g/mol. The fourth-order valence-corrected chi connectivity index (χ4v) is 2.33. The lowest BCUT2D eigenvalue weighted by Gasteiger charge is -2.28. The third-order valence-electron chi connectivity index (χ3n) is 3.13. The first-order valence-electron chi connectivity index (χ1n) is 5.96. The Morgan fingerprint density at radius 2 is 2.33 bits per heavy atom. The third kappa shape index (κ3) is 3.47. The fraction of sp³-hybridized carbons (Fsp3) is 0.909. The molecule has 0 aromatic heterocycles. The van der Waals surface area contributed by atoms with Crippen molar-refractivity contribution in [2.75, 3.05) is 32.8 Å². The molecule has 0 amide bonds. The van der Waals surface area contributed by atoms with Gasteiger partial charge in [-0.25, -0.2) is 0 Å². The second-order valence-corrected chi connectivity index (χ2v) is 4.46. The molecule has 1 N–H and O–H groups in total. The molecule has 0 spiro atoms. The maximum atomic E-state index is 11.3. The highest BCUT2D eigenvalue weighted by Gasteiger charge is 2.20. The summed E-state index contributed by atoms with van der Waals surface area (Å²) in [5.41, 5.74) is 0. The summed E-state index contributed by atoms with van der Waals surface area (Å²) in [4.78, 5) is 13.5. The molecule has 2 fully saturated rings. The maximum absolute atomic E-state index is 11.3. The normalized spacial score (nSPS) is 29.6. The molecule has 1 atom stereocenters. The van der Waals surface area contributed by atoms with Gasteiger partial charge in [-0.15, -0.1) is 0 Å². The van der Waals surface area contributed by atoms with E-state index in [4.69, 9.17) is 4.74 Å². The summed E-state index contributed by atoms with van der Waals surface area (Å²) in [7, 11) is 0. The molecule has 2 rings (SSSR count). The van der Waals surface area contributed by atoms with Gasteiger partial charge in [0.25, 0.3) is 0 Å². The van der Waals surface area contributed by atoms with Gasteiger partial charge in [0.15, 0.2) is 0 Å². The molecule has 2 aliphatic rings. The minimum absolute atomic E-state index is 0.0664. The molecule has 0 bridgehead atoms. The van der Waals surface area contributed by atoms with Gasteiger partial charge in [0.1, 0.15) is 0 Å². The maximum Gasteiger partial charge on any atom is 0.320 e. The van der Waals surface area contributed by atoms with Crippen LogP contribution in [0, 0.1) is 0 Å². The van der Waals surface area contributed by atoms with Crippen LogP contribution in [0.25, 0.3) is 0 Å². The van der Waals surface area contributed by atoms with Crippen LogP contribution in [-0.2, 0) is 9.53 Å². The van der Waals surface area contributed by atoms with Crippen LogP contribution >= 0.6 is 0 Å². The molecule has 1 unspecified atom stereocenters. The van der Waals surface area contributed by atoms with Crippen molar-refractivity contribution >= 4 is 5.97 Å². The number of nitrogens with zero attached hydrogens (tertiary/aromatic N) is 1. The predicted octanol–water partition coefficient (Wildman–Crippen LogP) is 0.377. The Labute approximate surface area is 91.0 Å². The smallest absolute Gasteiger partial charge is 0.320 e. The lowest BCUT2D eigenvalue weighted by atomic mass is 10.0. The summed E-state index contributed by atoms with van der Waals surface area (Å²) in [5.74, 6) is -0.0664. The Morgan fingerprint density at radius 3 is 3.13 bits per heavy atom. The van der Waals surface area contributed by atoms with E-state index in [9.17, 15) is 4.79 Å². The van der Waals surface area contributed by atoms with E-state index in [-0.39, 0.29) is 5.97 Å². The fourth-order valence-electron chi connectivity index (χ4n) is 2.33. The molecule has 2 saturated heterocycles. The molecular formula is C11H20N2O2. The number of carbonyl (C=O) groups is 1. The van der Waals surface area contributed by atoms with E-state index < -0.39 is 0 Å². The van der Waals surface area contributed by atoms with Crippen molar-refractivity contribution in [3.05, 3.63) is 0 Å². The Hall–Kier alpha value is -0.610. The summed E-state index contributed by atoms with van der Waals surface area (Å²) >= 11 is 0. The van der Waals surface area contributed by atoms with Gasteiger partial charge >= 0.3 is 5.97 Å². The summed E-state index contributed by atoms with van der Waals surface area (Å²) in [5, 5.41) is 3.51. The highest BCUT2D eigenvalue weighted by atomic mass is 16.5. The van der Waals surface area contributed by atoms with Crippen molar-refractivity contribution in [3.8, 4) is 0 Å². The number of hydrogen-bond donors (Lipinski definition) is 1. The minimum atomic E-state index is -0.0664. The SMILES string of the molecule is O=C1CN(CC2CCCCN2)CCCO1. The molecular weight excluding hydrogens is 192 g/mol. The number of hydrogen-bond acceptors (Lipinski definition) is 4. The van der Waals surface area contributed by atoms with E-state index in [0.717, 1.165) is 26.1 Å². The van der Waals surface area contributed by atoms with Gasteiger partial charge < -0.3 is 10.1 Å². The van der Waals surface area contributed by atoms with E-state index in [1.54, 1.807) is 0 Å². The summed E-state index contributed by atoms with van der Waals surface area (Å²) in [6.45, 7) is 4.17. The van der Waals surface area contributed by atoms with E-state index in [1.165, 1.54) is 19.3 Å². The zero-order valence-electron chi connectivity index (χ0n) is 9.21. The van der Waals surface area contributed by atoms with Crippen LogP contribution in [0.1, 0.15) is 25.7 Å². The van der Waals surface area contributed by atoms with Crippen LogP contribution in [0.3, 0.4) is 0 Å².